The Kier molecular flexibility index (Phi) is 4.51. The van der Waals surface area contributed by atoms with Gasteiger partial charge < -0.3 is 9.73 Å². The number of likely N-dealkylation sites (tertiary alicyclic amines) is 1. The number of hydrogen-bond donors (Lipinski definition) is 1. The summed E-state index contributed by atoms with van der Waals surface area (Å²) >= 11 is 0. The molecule has 0 spiro atoms. The normalized spacial score (nSPS) is 17.4. The molecular weight excluding hydrogens is 248 g/mol. The number of furan rings is 1. The molecule has 20 heavy (non-hydrogen) atoms. The number of nitrogens with one attached hydrogen (secondary N) is 1. The summed E-state index contributed by atoms with van der Waals surface area (Å²) in [5.74, 6) is 1.02. The van der Waals surface area contributed by atoms with E-state index in [-0.39, 0.29) is 0 Å². The SMILES string of the molecule is c1ccc(CN2CCC(NCc3ccco3)CC2)cc1. The van der Waals surface area contributed by atoms with Gasteiger partial charge in [-0.05, 0) is 43.6 Å². The van der Waals surface area contributed by atoms with E-state index in [0.717, 1.165) is 18.8 Å². The molecule has 1 aromatic carbocycles. The second kappa shape index (κ2) is 6.73. The maximum absolute atomic E-state index is 5.35. The predicted molar refractivity (Wildman–Crippen MR) is 80.3 cm³/mol. The smallest absolute Gasteiger partial charge is 0.117 e. The summed E-state index contributed by atoms with van der Waals surface area (Å²) in [7, 11) is 0. The van der Waals surface area contributed by atoms with Crippen molar-refractivity contribution in [2.75, 3.05) is 13.1 Å². The zero-order valence-corrected chi connectivity index (χ0v) is 11.8. The molecule has 1 aliphatic heterocycles. The molecule has 3 rings (SSSR count). The van der Waals surface area contributed by atoms with Crippen LogP contribution in [0.15, 0.2) is 53.1 Å². The standard InChI is InChI=1S/C17H22N2O/c1-2-5-15(6-3-1)14-19-10-8-16(9-11-19)18-13-17-7-4-12-20-17/h1-7,12,16,18H,8-11,13-14H2. The highest BCUT2D eigenvalue weighted by Gasteiger charge is 2.18. The van der Waals surface area contributed by atoms with Crippen LogP contribution in [0.1, 0.15) is 24.2 Å². The zero-order chi connectivity index (χ0) is 13.6. The molecule has 1 saturated heterocycles. The fraction of sp³-hybridized carbons (Fsp3) is 0.412. The lowest BCUT2D eigenvalue weighted by atomic mass is 10.0. The molecule has 1 aromatic heterocycles. The zero-order valence-electron chi connectivity index (χ0n) is 11.8. The van der Waals surface area contributed by atoms with E-state index < -0.39 is 0 Å². The maximum atomic E-state index is 5.35. The minimum atomic E-state index is 0.618. The first kappa shape index (κ1) is 13.4. The summed E-state index contributed by atoms with van der Waals surface area (Å²) in [4.78, 5) is 2.54. The van der Waals surface area contributed by atoms with E-state index in [1.807, 2.05) is 12.1 Å². The first-order chi connectivity index (χ1) is 9.90. The minimum Gasteiger partial charge on any atom is -0.468 e. The molecule has 0 bridgehead atoms. The molecular formula is C17H22N2O. The summed E-state index contributed by atoms with van der Waals surface area (Å²) in [6.45, 7) is 4.26. The van der Waals surface area contributed by atoms with Gasteiger partial charge in [0.2, 0.25) is 0 Å². The second-order valence-corrected chi connectivity index (χ2v) is 5.50. The van der Waals surface area contributed by atoms with Gasteiger partial charge in [-0.2, -0.15) is 0 Å². The van der Waals surface area contributed by atoms with Crippen LogP contribution in [0.5, 0.6) is 0 Å². The number of piperidine rings is 1. The Balaban J connectivity index is 1.40. The van der Waals surface area contributed by atoms with Gasteiger partial charge >= 0.3 is 0 Å². The number of rotatable bonds is 5. The quantitative estimate of drug-likeness (QED) is 0.905. The third-order valence-corrected chi connectivity index (χ3v) is 3.98. The second-order valence-electron chi connectivity index (χ2n) is 5.50. The van der Waals surface area contributed by atoms with Crippen molar-refractivity contribution in [2.24, 2.45) is 0 Å². The molecule has 0 atom stereocenters. The summed E-state index contributed by atoms with van der Waals surface area (Å²) in [5, 5.41) is 3.59. The molecule has 0 radical (unpaired) electrons. The summed E-state index contributed by atoms with van der Waals surface area (Å²) < 4.78 is 5.35. The van der Waals surface area contributed by atoms with Gasteiger partial charge in [-0.3, -0.25) is 4.90 Å². The van der Waals surface area contributed by atoms with Gasteiger partial charge in [0.15, 0.2) is 0 Å². The minimum absolute atomic E-state index is 0.618. The largest absolute Gasteiger partial charge is 0.468 e. The maximum Gasteiger partial charge on any atom is 0.117 e. The average Bonchev–Trinajstić information content (AvgIpc) is 3.01. The number of nitrogens with zero attached hydrogens (tertiary/aromatic N) is 1. The van der Waals surface area contributed by atoms with E-state index in [0.29, 0.717) is 6.04 Å². The van der Waals surface area contributed by atoms with Gasteiger partial charge in [0.05, 0.1) is 12.8 Å². The van der Waals surface area contributed by atoms with Crippen molar-refractivity contribution in [3.63, 3.8) is 0 Å². The van der Waals surface area contributed by atoms with E-state index >= 15 is 0 Å². The third kappa shape index (κ3) is 3.71. The van der Waals surface area contributed by atoms with Crippen LogP contribution in [-0.2, 0) is 13.1 Å². The topological polar surface area (TPSA) is 28.4 Å². The van der Waals surface area contributed by atoms with Gasteiger partial charge in [-0.25, -0.2) is 0 Å². The third-order valence-electron chi connectivity index (χ3n) is 3.98. The molecule has 106 valence electrons. The summed E-state index contributed by atoms with van der Waals surface area (Å²) in [5.41, 5.74) is 1.41. The molecule has 2 heterocycles. The highest BCUT2D eigenvalue weighted by molar-refractivity contribution is 5.14. The molecule has 1 aliphatic rings. The van der Waals surface area contributed by atoms with Crippen LogP contribution in [0.2, 0.25) is 0 Å². The summed E-state index contributed by atoms with van der Waals surface area (Å²) in [6, 6.07) is 15.3. The lowest BCUT2D eigenvalue weighted by Gasteiger charge is -2.32. The highest BCUT2D eigenvalue weighted by Crippen LogP contribution is 2.14. The van der Waals surface area contributed by atoms with Gasteiger partial charge in [0.25, 0.3) is 0 Å². The molecule has 3 heteroatoms. The molecule has 3 nitrogen and oxygen atoms in total. The van der Waals surface area contributed by atoms with E-state index in [1.54, 1.807) is 6.26 Å². The monoisotopic (exact) mass is 270 g/mol. The predicted octanol–water partition coefficient (Wildman–Crippen LogP) is 3.03. The molecule has 0 aliphatic carbocycles. The Labute approximate surface area is 120 Å². The van der Waals surface area contributed by atoms with Crippen LogP contribution in [0.25, 0.3) is 0 Å². The Morgan fingerprint density at radius 3 is 2.55 bits per heavy atom. The fourth-order valence-corrected chi connectivity index (χ4v) is 2.79. The first-order valence-corrected chi connectivity index (χ1v) is 7.42. The van der Waals surface area contributed by atoms with Crippen molar-refractivity contribution >= 4 is 0 Å². The summed E-state index contributed by atoms with van der Waals surface area (Å²) in [6.07, 6.45) is 4.17. The van der Waals surface area contributed by atoms with Gasteiger partial charge in [0, 0.05) is 12.6 Å². The molecule has 1 fully saturated rings. The number of hydrogen-bond acceptors (Lipinski definition) is 3. The van der Waals surface area contributed by atoms with Crippen LogP contribution in [0.4, 0.5) is 0 Å². The van der Waals surface area contributed by atoms with Crippen LogP contribution >= 0.6 is 0 Å². The van der Waals surface area contributed by atoms with Crippen LogP contribution in [-0.4, -0.2) is 24.0 Å². The van der Waals surface area contributed by atoms with Gasteiger partial charge in [-0.1, -0.05) is 30.3 Å². The lowest BCUT2D eigenvalue weighted by Crippen LogP contribution is -2.41. The van der Waals surface area contributed by atoms with E-state index in [4.69, 9.17) is 4.42 Å². The fourth-order valence-electron chi connectivity index (χ4n) is 2.79. The van der Waals surface area contributed by atoms with E-state index in [1.165, 1.54) is 31.5 Å². The van der Waals surface area contributed by atoms with Crippen LogP contribution in [0, 0.1) is 0 Å². The van der Waals surface area contributed by atoms with Crippen molar-refractivity contribution in [1.29, 1.82) is 0 Å². The highest BCUT2D eigenvalue weighted by atomic mass is 16.3. The van der Waals surface area contributed by atoms with Crippen LogP contribution < -0.4 is 5.32 Å². The Morgan fingerprint density at radius 2 is 1.85 bits per heavy atom. The number of benzene rings is 1. The van der Waals surface area contributed by atoms with E-state index in [2.05, 4.69) is 40.5 Å². The van der Waals surface area contributed by atoms with Crippen molar-refractivity contribution in [1.82, 2.24) is 10.2 Å². The van der Waals surface area contributed by atoms with Gasteiger partial charge in [0.1, 0.15) is 5.76 Å². The lowest BCUT2D eigenvalue weighted by molar-refractivity contribution is 0.188. The van der Waals surface area contributed by atoms with Crippen LogP contribution in [0.3, 0.4) is 0 Å². The van der Waals surface area contributed by atoms with Crippen molar-refractivity contribution < 1.29 is 4.42 Å². The molecule has 0 saturated carbocycles. The van der Waals surface area contributed by atoms with Crippen molar-refractivity contribution in [3.05, 3.63) is 60.1 Å². The van der Waals surface area contributed by atoms with Gasteiger partial charge in [-0.15, -0.1) is 0 Å². The Morgan fingerprint density at radius 1 is 1.05 bits per heavy atom. The molecule has 2 aromatic rings. The molecule has 0 unspecified atom stereocenters. The van der Waals surface area contributed by atoms with E-state index in [9.17, 15) is 0 Å². The average molecular weight is 270 g/mol. The first-order valence-electron chi connectivity index (χ1n) is 7.42. The molecule has 0 amide bonds. The molecule has 1 N–H and O–H groups in total. The Bertz CT molecular complexity index is 487. The Hall–Kier alpha value is -1.58. The van der Waals surface area contributed by atoms with Crippen molar-refractivity contribution in [3.8, 4) is 0 Å². The van der Waals surface area contributed by atoms with Crippen molar-refractivity contribution in [2.45, 2.75) is 32.0 Å².